The van der Waals surface area contributed by atoms with E-state index in [4.69, 9.17) is 4.74 Å². The smallest absolute Gasteiger partial charge is 0.444 e. The second-order valence-corrected chi connectivity index (χ2v) is 7.99. The fourth-order valence-corrected chi connectivity index (χ4v) is 2.66. The first-order valence-corrected chi connectivity index (χ1v) is 9.11. The Bertz CT molecular complexity index is 894. The van der Waals surface area contributed by atoms with Gasteiger partial charge in [0.25, 0.3) is 5.91 Å². The minimum atomic E-state index is -4.44. The molecule has 29 heavy (non-hydrogen) atoms. The van der Waals surface area contributed by atoms with E-state index in [0.29, 0.717) is 0 Å². The number of amides is 2. The summed E-state index contributed by atoms with van der Waals surface area (Å²) in [4.78, 5) is 24.0. The van der Waals surface area contributed by atoms with Crippen molar-refractivity contribution >= 4 is 35.1 Å². The van der Waals surface area contributed by atoms with E-state index >= 15 is 0 Å². The Labute approximate surface area is 168 Å². The van der Waals surface area contributed by atoms with Crippen LogP contribution >= 0.6 is 11.8 Å². The van der Waals surface area contributed by atoms with Gasteiger partial charge in [-0.2, -0.15) is 13.2 Å². The number of hydrogen-bond acceptors (Lipinski definition) is 4. The van der Waals surface area contributed by atoms with Crippen LogP contribution in [0.25, 0.3) is 0 Å². The largest absolute Gasteiger partial charge is 0.446 e. The lowest BCUT2D eigenvalue weighted by Gasteiger charge is -2.19. The normalized spacial score (nSPS) is 11.7. The van der Waals surface area contributed by atoms with Crippen LogP contribution in [0.2, 0.25) is 0 Å². The van der Waals surface area contributed by atoms with Gasteiger partial charge in [-0.1, -0.05) is 0 Å². The number of hydrogen-bond donors (Lipinski definition) is 2. The fraction of sp³-hybridized carbons (Fsp3) is 0.263. The van der Waals surface area contributed by atoms with E-state index in [0.717, 1.165) is 18.2 Å². The molecule has 0 aliphatic carbocycles. The summed E-state index contributed by atoms with van der Waals surface area (Å²) in [5, 5.41) is 4.74. The highest BCUT2D eigenvalue weighted by Crippen LogP contribution is 2.36. The van der Waals surface area contributed by atoms with Crippen molar-refractivity contribution in [2.24, 2.45) is 0 Å². The number of benzene rings is 2. The Morgan fingerprint density at radius 1 is 0.966 bits per heavy atom. The topological polar surface area (TPSA) is 67.4 Å². The van der Waals surface area contributed by atoms with E-state index in [2.05, 4.69) is 10.6 Å². The van der Waals surface area contributed by atoms with E-state index in [1.807, 2.05) is 0 Å². The summed E-state index contributed by atoms with van der Waals surface area (Å²) >= 11 is -0.305. The molecule has 0 aromatic heterocycles. The zero-order valence-electron chi connectivity index (χ0n) is 15.7. The number of anilines is 2. The van der Waals surface area contributed by atoms with Crippen LogP contribution in [-0.4, -0.2) is 23.1 Å². The van der Waals surface area contributed by atoms with Crippen LogP contribution < -0.4 is 10.6 Å². The number of nitrogens with one attached hydrogen (secondary N) is 2. The number of ether oxygens (including phenoxy) is 1. The van der Waals surface area contributed by atoms with Crippen LogP contribution in [-0.2, 0) is 4.74 Å². The summed E-state index contributed by atoms with van der Waals surface area (Å²) in [5.74, 6) is -1.47. The molecule has 2 amide bonds. The molecule has 0 spiro atoms. The number of rotatable bonds is 4. The summed E-state index contributed by atoms with van der Waals surface area (Å²) in [6.07, 6.45) is -0.751. The molecule has 0 bridgehead atoms. The van der Waals surface area contributed by atoms with E-state index in [1.54, 1.807) is 20.8 Å². The lowest BCUT2D eigenvalue weighted by molar-refractivity contribution is -0.0328. The summed E-state index contributed by atoms with van der Waals surface area (Å²) < 4.78 is 56.2. The highest BCUT2D eigenvalue weighted by atomic mass is 32.2. The van der Waals surface area contributed by atoms with E-state index < -0.39 is 28.9 Å². The maximum atomic E-state index is 14.0. The van der Waals surface area contributed by atoms with Crippen molar-refractivity contribution < 1.29 is 31.9 Å². The molecule has 2 rings (SSSR count). The predicted molar refractivity (Wildman–Crippen MR) is 103 cm³/mol. The molecule has 2 N–H and O–H groups in total. The Hall–Kier alpha value is -2.75. The van der Waals surface area contributed by atoms with Crippen molar-refractivity contribution in [3.8, 4) is 0 Å². The van der Waals surface area contributed by atoms with Crippen molar-refractivity contribution in [1.29, 1.82) is 0 Å². The highest BCUT2D eigenvalue weighted by Gasteiger charge is 2.29. The van der Waals surface area contributed by atoms with Crippen molar-refractivity contribution in [3.05, 3.63) is 53.8 Å². The maximum absolute atomic E-state index is 14.0. The van der Waals surface area contributed by atoms with Gasteiger partial charge in [-0.05, 0) is 75.0 Å². The molecule has 0 saturated heterocycles. The predicted octanol–water partition coefficient (Wildman–Crippen LogP) is 6.04. The Morgan fingerprint density at radius 3 is 2.14 bits per heavy atom. The molecule has 2 aromatic carbocycles. The SMILES string of the molecule is CC(C)(C)OC(=O)Nc1ccc(F)c(NC(=O)c2ccc(SC(F)(F)F)cc2)c1. The van der Waals surface area contributed by atoms with Crippen LogP contribution in [0.15, 0.2) is 47.4 Å². The van der Waals surface area contributed by atoms with Gasteiger partial charge in [0, 0.05) is 16.1 Å². The van der Waals surface area contributed by atoms with Gasteiger partial charge < -0.3 is 10.1 Å². The van der Waals surface area contributed by atoms with E-state index in [-0.39, 0.29) is 33.6 Å². The molecule has 156 valence electrons. The highest BCUT2D eigenvalue weighted by molar-refractivity contribution is 8.00. The second-order valence-electron chi connectivity index (χ2n) is 6.85. The number of carbonyl (C=O) groups is 2. The molecule has 0 aliphatic rings. The zero-order valence-corrected chi connectivity index (χ0v) is 16.5. The third-order valence-corrected chi connectivity index (χ3v) is 3.95. The van der Waals surface area contributed by atoms with Crippen LogP contribution in [0.5, 0.6) is 0 Å². The molecular formula is C19H18F4N2O3S. The standard InChI is InChI=1S/C19H18F4N2O3S/c1-18(2,3)28-17(27)24-12-6-9-14(20)15(10-12)25-16(26)11-4-7-13(8-5-11)29-19(21,22)23/h4-10H,1-3H3,(H,24,27)(H,25,26). The van der Waals surface area contributed by atoms with Gasteiger partial charge in [-0.25, -0.2) is 9.18 Å². The average molecular weight is 430 g/mol. The Kier molecular flexibility index (Phi) is 6.78. The van der Waals surface area contributed by atoms with Crippen LogP contribution in [0.1, 0.15) is 31.1 Å². The van der Waals surface area contributed by atoms with Gasteiger partial charge >= 0.3 is 11.6 Å². The molecule has 5 nitrogen and oxygen atoms in total. The third-order valence-electron chi connectivity index (χ3n) is 3.21. The molecule has 0 atom stereocenters. The van der Waals surface area contributed by atoms with Crippen LogP contribution in [0.4, 0.5) is 33.7 Å². The van der Waals surface area contributed by atoms with E-state index in [9.17, 15) is 27.2 Å². The van der Waals surface area contributed by atoms with Gasteiger partial charge in [0.15, 0.2) is 0 Å². The summed E-state index contributed by atoms with van der Waals surface area (Å²) in [6.45, 7) is 5.05. The number of halogens is 4. The molecule has 0 aliphatic heterocycles. The first-order valence-electron chi connectivity index (χ1n) is 8.29. The molecule has 0 fully saturated rings. The Morgan fingerprint density at radius 2 is 1.59 bits per heavy atom. The van der Waals surface area contributed by atoms with Crippen molar-refractivity contribution in [2.75, 3.05) is 10.6 Å². The lowest BCUT2D eigenvalue weighted by atomic mass is 10.2. The Balaban J connectivity index is 2.09. The summed E-state index contributed by atoms with van der Waals surface area (Å²) in [6, 6.07) is 8.22. The minimum absolute atomic E-state index is 0.0430. The summed E-state index contributed by atoms with van der Waals surface area (Å²) in [7, 11) is 0. The van der Waals surface area contributed by atoms with Gasteiger partial charge in [0.1, 0.15) is 11.4 Å². The molecule has 0 radical (unpaired) electrons. The lowest BCUT2D eigenvalue weighted by Crippen LogP contribution is -2.27. The monoisotopic (exact) mass is 430 g/mol. The average Bonchev–Trinajstić information content (AvgIpc) is 2.55. The van der Waals surface area contributed by atoms with Gasteiger partial charge in [0.2, 0.25) is 0 Å². The molecular weight excluding hydrogens is 412 g/mol. The molecule has 10 heteroatoms. The van der Waals surface area contributed by atoms with Crippen molar-refractivity contribution in [2.45, 2.75) is 36.8 Å². The van der Waals surface area contributed by atoms with Gasteiger partial charge in [-0.15, -0.1) is 0 Å². The second kappa shape index (κ2) is 8.73. The summed E-state index contributed by atoms with van der Waals surface area (Å²) in [5.41, 5.74) is -5.14. The van der Waals surface area contributed by atoms with Gasteiger partial charge in [-0.3, -0.25) is 10.1 Å². The quantitative estimate of drug-likeness (QED) is 0.459. The number of carbonyl (C=O) groups excluding carboxylic acids is 2. The first kappa shape index (κ1) is 22.5. The third kappa shape index (κ3) is 7.65. The number of thioether (sulfide) groups is 1. The first-order chi connectivity index (χ1) is 13.3. The van der Waals surface area contributed by atoms with Crippen LogP contribution in [0, 0.1) is 5.82 Å². The molecule has 0 saturated carbocycles. The minimum Gasteiger partial charge on any atom is -0.444 e. The maximum Gasteiger partial charge on any atom is 0.446 e. The van der Waals surface area contributed by atoms with Crippen molar-refractivity contribution in [3.63, 3.8) is 0 Å². The van der Waals surface area contributed by atoms with Gasteiger partial charge in [0.05, 0.1) is 5.69 Å². The van der Waals surface area contributed by atoms with E-state index in [1.165, 1.54) is 24.3 Å². The fourth-order valence-electron chi connectivity index (χ4n) is 2.12. The molecule has 0 unspecified atom stereocenters. The molecule has 2 aromatic rings. The zero-order chi connectivity index (χ0) is 21.8. The number of alkyl halides is 3. The van der Waals surface area contributed by atoms with Crippen molar-refractivity contribution in [1.82, 2.24) is 0 Å². The molecule has 0 heterocycles. The van der Waals surface area contributed by atoms with Crippen LogP contribution in [0.3, 0.4) is 0 Å².